The van der Waals surface area contributed by atoms with Crippen LogP contribution in [0.15, 0.2) is 53.5 Å². The van der Waals surface area contributed by atoms with Crippen molar-refractivity contribution in [3.63, 3.8) is 0 Å². The molecule has 0 fully saturated rings. The van der Waals surface area contributed by atoms with Gasteiger partial charge in [0.15, 0.2) is 5.82 Å². The molecule has 26 heavy (non-hydrogen) atoms. The second-order valence-electron chi connectivity index (χ2n) is 5.76. The summed E-state index contributed by atoms with van der Waals surface area (Å²) in [4.78, 5) is 22.7. The summed E-state index contributed by atoms with van der Waals surface area (Å²) in [7, 11) is 1.54. The Hall–Kier alpha value is -3.85. The number of nitriles is 1. The molecule has 0 radical (unpaired) electrons. The summed E-state index contributed by atoms with van der Waals surface area (Å²) in [5.41, 5.74) is 2.30. The molecule has 0 saturated heterocycles. The molecule has 0 spiro atoms. The van der Waals surface area contributed by atoms with Gasteiger partial charge in [-0.05, 0) is 30.3 Å². The number of hydrogen-bond donors (Lipinski definition) is 2. The number of aromatic amines is 2. The van der Waals surface area contributed by atoms with E-state index in [-0.39, 0.29) is 17.0 Å². The van der Waals surface area contributed by atoms with Crippen molar-refractivity contribution in [3.8, 4) is 11.8 Å². The van der Waals surface area contributed by atoms with Crippen molar-refractivity contribution in [2.45, 2.75) is 0 Å². The highest BCUT2D eigenvalue weighted by atomic mass is 16.5. The van der Waals surface area contributed by atoms with E-state index in [1.54, 1.807) is 24.3 Å². The molecule has 2 aromatic carbocycles. The zero-order chi connectivity index (χ0) is 18.1. The van der Waals surface area contributed by atoms with Crippen molar-refractivity contribution in [1.82, 2.24) is 15.0 Å². The number of ether oxygens (including phenoxy) is 1. The van der Waals surface area contributed by atoms with Crippen molar-refractivity contribution in [2.24, 2.45) is 0 Å². The third kappa shape index (κ3) is 2.62. The van der Waals surface area contributed by atoms with E-state index in [1.165, 1.54) is 7.11 Å². The first-order valence-corrected chi connectivity index (χ1v) is 7.96. The second kappa shape index (κ2) is 6.22. The number of allylic oxidation sites excluding steroid dienone is 1. The van der Waals surface area contributed by atoms with Crippen LogP contribution in [0.5, 0.6) is 5.75 Å². The largest absolute Gasteiger partial charge is 0.497 e. The third-order valence-electron chi connectivity index (χ3n) is 4.21. The lowest BCUT2D eigenvalue weighted by atomic mass is 10.1. The maximum Gasteiger partial charge on any atom is 0.259 e. The first kappa shape index (κ1) is 15.7. The van der Waals surface area contributed by atoms with Crippen molar-refractivity contribution in [3.05, 3.63) is 70.4 Å². The van der Waals surface area contributed by atoms with Gasteiger partial charge in [0, 0.05) is 22.7 Å². The van der Waals surface area contributed by atoms with Crippen LogP contribution in [-0.2, 0) is 0 Å². The smallest absolute Gasteiger partial charge is 0.259 e. The van der Waals surface area contributed by atoms with E-state index in [9.17, 15) is 10.1 Å². The highest BCUT2D eigenvalue weighted by Gasteiger charge is 2.10. The van der Waals surface area contributed by atoms with Gasteiger partial charge in [-0.2, -0.15) is 5.26 Å². The maximum atomic E-state index is 12.4. The molecule has 0 bridgehead atoms. The summed E-state index contributed by atoms with van der Waals surface area (Å²) in [6.07, 6.45) is 3.54. The van der Waals surface area contributed by atoms with Crippen LogP contribution in [-0.4, -0.2) is 22.1 Å². The highest BCUT2D eigenvalue weighted by molar-refractivity contribution is 5.97. The molecule has 0 aliphatic heterocycles. The summed E-state index contributed by atoms with van der Waals surface area (Å²) in [6, 6.07) is 15.0. The molecule has 0 aliphatic carbocycles. The Bertz CT molecular complexity index is 1260. The predicted octanol–water partition coefficient (Wildman–Crippen LogP) is 3.48. The van der Waals surface area contributed by atoms with Gasteiger partial charge in [-0.25, -0.2) is 4.98 Å². The Morgan fingerprint density at radius 2 is 2.08 bits per heavy atom. The number of nitrogens with zero attached hydrogens (tertiary/aromatic N) is 2. The molecule has 4 rings (SSSR count). The summed E-state index contributed by atoms with van der Waals surface area (Å²) in [5.74, 6) is 0.813. The van der Waals surface area contributed by atoms with E-state index >= 15 is 0 Å². The first-order chi connectivity index (χ1) is 12.7. The highest BCUT2D eigenvalue weighted by Crippen LogP contribution is 2.23. The summed E-state index contributed by atoms with van der Waals surface area (Å²) < 4.78 is 5.14. The van der Waals surface area contributed by atoms with Gasteiger partial charge in [-0.3, -0.25) is 4.79 Å². The standard InChI is InChI=1S/C20H14N4O2/c1-26-14-6-7-18-16(9-14)20(25)24-19(23-18)12(10-21)8-13-11-22-17-5-3-2-4-15(13)17/h2-9,11,22H,1H3,(H,23,24,25). The van der Waals surface area contributed by atoms with Crippen molar-refractivity contribution in [1.29, 1.82) is 5.26 Å². The zero-order valence-electron chi connectivity index (χ0n) is 13.9. The van der Waals surface area contributed by atoms with E-state index in [4.69, 9.17) is 4.74 Å². The SMILES string of the molecule is COc1ccc2nc(C(C#N)=Cc3c[nH]c4ccccc34)[nH]c(=O)c2c1. The lowest BCUT2D eigenvalue weighted by Crippen LogP contribution is -2.11. The minimum absolute atomic E-state index is 0.237. The Morgan fingerprint density at radius 1 is 1.23 bits per heavy atom. The number of benzene rings is 2. The summed E-state index contributed by atoms with van der Waals surface area (Å²) >= 11 is 0. The number of nitrogens with one attached hydrogen (secondary N) is 2. The Labute approximate surface area is 148 Å². The number of hydrogen-bond acceptors (Lipinski definition) is 4. The van der Waals surface area contributed by atoms with Crippen molar-refractivity contribution < 1.29 is 4.74 Å². The fourth-order valence-corrected chi connectivity index (χ4v) is 2.89. The van der Waals surface area contributed by atoms with Crippen LogP contribution in [0.2, 0.25) is 0 Å². The number of rotatable bonds is 3. The van der Waals surface area contributed by atoms with Crippen molar-refractivity contribution in [2.75, 3.05) is 7.11 Å². The average Bonchev–Trinajstić information content (AvgIpc) is 3.08. The van der Waals surface area contributed by atoms with Gasteiger partial charge in [0.25, 0.3) is 5.56 Å². The normalized spacial score (nSPS) is 11.6. The molecule has 0 saturated carbocycles. The number of H-pyrrole nitrogens is 2. The molecule has 0 atom stereocenters. The summed E-state index contributed by atoms with van der Waals surface area (Å²) in [5, 5.41) is 11.0. The molecule has 6 heteroatoms. The van der Waals surface area contributed by atoms with E-state index in [0.717, 1.165) is 16.5 Å². The van der Waals surface area contributed by atoms with Crippen LogP contribution in [0.25, 0.3) is 33.5 Å². The molecular formula is C20H14N4O2. The lowest BCUT2D eigenvalue weighted by molar-refractivity contribution is 0.415. The van der Waals surface area contributed by atoms with Crippen LogP contribution in [0.1, 0.15) is 11.4 Å². The van der Waals surface area contributed by atoms with Gasteiger partial charge in [-0.1, -0.05) is 18.2 Å². The Balaban J connectivity index is 1.87. The fourth-order valence-electron chi connectivity index (χ4n) is 2.89. The molecule has 4 aromatic rings. The fraction of sp³-hybridized carbons (Fsp3) is 0.0500. The number of para-hydroxylation sites is 1. The molecular weight excluding hydrogens is 328 g/mol. The molecule has 2 heterocycles. The maximum absolute atomic E-state index is 12.4. The minimum atomic E-state index is -0.316. The van der Waals surface area contributed by atoms with E-state index < -0.39 is 0 Å². The topological polar surface area (TPSA) is 94.6 Å². The minimum Gasteiger partial charge on any atom is -0.497 e. The number of methoxy groups -OCH3 is 1. The van der Waals surface area contributed by atoms with Gasteiger partial charge < -0.3 is 14.7 Å². The predicted molar refractivity (Wildman–Crippen MR) is 101 cm³/mol. The molecule has 0 amide bonds. The molecule has 0 unspecified atom stereocenters. The Kier molecular flexibility index (Phi) is 3.75. The first-order valence-electron chi connectivity index (χ1n) is 7.96. The zero-order valence-corrected chi connectivity index (χ0v) is 13.9. The quantitative estimate of drug-likeness (QED) is 0.557. The van der Waals surface area contributed by atoms with Crippen LogP contribution in [0.3, 0.4) is 0 Å². The van der Waals surface area contributed by atoms with Gasteiger partial charge in [0.05, 0.1) is 23.6 Å². The van der Waals surface area contributed by atoms with Crippen LogP contribution >= 0.6 is 0 Å². The molecule has 2 aromatic heterocycles. The van der Waals surface area contributed by atoms with Crippen LogP contribution < -0.4 is 10.3 Å². The third-order valence-corrected chi connectivity index (χ3v) is 4.21. The van der Waals surface area contributed by atoms with Crippen LogP contribution in [0, 0.1) is 11.3 Å². The van der Waals surface area contributed by atoms with Gasteiger partial charge in [-0.15, -0.1) is 0 Å². The molecule has 0 aliphatic rings. The van der Waals surface area contributed by atoms with Gasteiger partial charge in [0.2, 0.25) is 0 Å². The average molecular weight is 342 g/mol. The van der Waals surface area contributed by atoms with Crippen LogP contribution in [0.4, 0.5) is 0 Å². The molecule has 6 nitrogen and oxygen atoms in total. The number of aromatic nitrogens is 3. The molecule has 126 valence electrons. The molecule has 2 N–H and O–H groups in total. The van der Waals surface area contributed by atoms with E-state index in [1.807, 2.05) is 30.5 Å². The summed E-state index contributed by atoms with van der Waals surface area (Å²) in [6.45, 7) is 0. The van der Waals surface area contributed by atoms with Gasteiger partial charge in [0.1, 0.15) is 11.8 Å². The van der Waals surface area contributed by atoms with E-state index in [0.29, 0.717) is 16.7 Å². The van der Waals surface area contributed by atoms with E-state index in [2.05, 4.69) is 21.0 Å². The lowest BCUT2D eigenvalue weighted by Gasteiger charge is -2.04. The van der Waals surface area contributed by atoms with Gasteiger partial charge >= 0.3 is 0 Å². The number of fused-ring (bicyclic) bond motifs is 2. The monoisotopic (exact) mass is 342 g/mol. The Morgan fingerprint density at radius 3 is 2.88 bits per heavy atom. The second-order valence-corrected chi connectivity index (χ2v) is 5.76. The van der Waals surface area contributed by atoms with Crippen molar-refractivity contribution >= 4 is 33.5 Å².